The molecule has 0 unspecified atom stereocenters. The molecule has 0 aliphatic carbocycles. The van der Waals surface area contributed by atoms with E-state index in [2.05, 4.69) is 5.32 Å². The first-order chi connectivity index (χ1) is 12.4. The molecule has 0 atom stereocenters. The second-order valence-electron chi connectivity index (χ2n) is 5.82. The van der Waals surface area contributed by atoms with Gasteiger partial charge >= 0.3 is 0 Å². The van der Waals surface area contributed by atoms with Crippen LogP contribution in [0.15, 0.2) is 36.4 Å². The monoisotopic (exact) mass is 356 g/mol. The summed E-state index contributed by atoms with van der Waals surface area (Å²) >= 11 is 0. The first-order valence-corrected chi connectivity index (χ1v) is 8.04. The highest BCUT2D eigenvalue weighted by Crippen LogP contribution is 2.34. The minimum absolute atomic E-state index is 0.0757. The van der Waals surface area contributed by atoms with Gasteiger partial charge in [0, 0.05) is 30.4 Å². The van der Waals surface area contributed by atoms with Crippen molar-refractivity contribution < 1.29 is 14.6 Å². The summed E-state index contributed by atoms with van der Waals surface area (Å²) in [4.78, 5) is 34.4. The molecule has 1 aliphatic heterocycles. The van der Waals surface area contributed by atoms with Crippen LogP contribution in [0.1, 0.15) is 18.9 Å². The Morgan fingerprint density at radius 2 is 1.85 bits per heavy atom. The molecular weight excluding hydrogens is 340 g/mol. The zero-order valence-electron chi connectivity index (χ0n) is 14.0. The number of amides is 1. The Kier molecular flexibility index (Phi) is 4.53. The quantitative estimate of drug-likeness (QED) is 0.646. The summed E-state index contributed by atoms with van der Waals surface area (Å²) in [5.74, 6) is 0.0757. The number of aryl methyl sites for hydroxylation is 1. The molecule has 1 aliphatic rings. The van der Waals surface area contributed by atoms with Crippen molar-refractivity contribution in [2.24, 2.45) is 0 Å². The molecule has 26 heavy (non-hydrogen) atoms. The van der Waals surface area contributed by atoms with Crippen LogP contribution in [0, 0.1) is 20.2 Å². The molecule has 0 fully saturated rings. The highest BCUT2D eigenvalue weighted by Gasteiger charge is 2.24. The number of nitrogens with zero attached hydrogens (tertiary/aromatic N) is 3. The van der Waals surface area contributed by atoms with Gasteiger partial charge in [-0.25, -0.2) is 0 Å². The van der Waals surface area contributed by atoms with E-state index in [4.69, 9.17) is 0 Å². The molecule has 0 bridgehead atoms. The number of nitro groups is 2. The normalized spacial score (nSPS) is 13.3. The van der Waals surface area contributed by atoms with Gasteiger partial charge in [-0.15, -0.1) is 0 Å². The first kappa shape index (κ1) is 17.3. The summed E-state index contributed by atoms with van der Waals surface area (Å²) in [6, 6.07) is 8.83. The summed E-state index contributed by atoms with van der Waals surface area (Å²) < 4.78 is 0. The highest BCUT2D eigenvalue weighted by molar-refractivity contribution is 5.96. The summed E-state index contributed by atoms with van der Waals surface area (Å²) in [5.41, 5.74) is 1.88. The molecule has 1 heterocycles. The number of rotatable bonds is 5. The van der Waals surface area contributed by atoms with E-state index in [1.165, 1.54) is 12.1 Å². The van der Waals surface area contributed by atoms with Crippen molar-refractivity contribution in [3.8, 4) is 0 Å². The Balaban J connectivity index is 1.94. The number of anilines is 3. The van der Waals surface area contributed by atoms with Crippen LogP contribution in [0.25, 0.3) is 0 Å². The molecule has 9 heteroatoms. The molecule has 134 valence electrons. The zero-order valence-corrected chi connectivity index (χ0v) is 14.0. The molecule has 2 aromatic carbocycles. The molecule has 1 amide bonds. The van der Waals surface area contributed by atoms with Gasteiger partial charge in [-0.2, -0.15) is 0 Å². The maximum absolute atomic E-state index is 12.0. The van der Waals surface area contributed by atoms with Crippen LogP contribution >= 0.6 is 0 Å². The Hall–Kier alpha value is -3.49. The third-order valence-electron chi connectivity index (χ3n) is 4.26. The minimum Gasteiger partial charge on any atom is -0.350 e. The predicted molar refractivity (Wildman–Crippen MR) is 95.8 cm³/mol. The fourth-order valence-corrected chi connectivity index (χ4v) is 3.03. The topological polar surface area (TPSA) is 119 Å². The zero-order chi connectivity index (χ0) is 18.8. The van der Waals surface area contributed by atoms with Crippen LogP contribution in [0.5, 0.6) is 0 Å². The number of nitro benzene ring substituents is 2. The third-order valence-corrected chi connectivity index (χ3v) is 4.26. The van der Waals surface area contributed by atoms with E-state index in [9.17, 15) is 25.0 Å². The molecular formula is C17H16N4O5. The molecule has 3 rings (SSSR count). The molecule has 0 aromatic heterocycles. The second kappa shape index (κ2) is 6.79. The standard InChI is InChI=1S/C17H16N4O5/c1-2-19-15-7-4-12(9-11(15)3-8-17(19)22)18-14-6-5-13(20(23)24)10-16(14)21(25)26/h4-7,9-10,18H,2-3,8H2,1H3. The maximum Gasteiger partial charge on any atom is 0.299 e. The van der Waals surface area contributed by atoms with Crippen LogP contribution in [0.4, 0.5) is 28.4 Å². The Morgan fingerprint density at radius 1 is 1.08 bits per heavy atom. The minimum atomic E-state index is -0.675. The number of hydrogen-bond donors (Lipinski definition) is 1. The Bertz CT molecular complexity index is 912. The fraction of sp³-hybridized carbons (Fsp3) is 0.235. The maximum atomic E-state index is 12.0. The van der Waals surface area contributed by atoms with E-state index in [-0.39, 0.29) is 23.0 Å². The van der Waals surface area contributed by atoms with E-state index in [1.807, 2.05) is 13.0 Å². The van der Waals surface area contributed by atoms with Crippen molar-refractivity contribution in [3.05, 3.63) is 62.2 Å². The number of carbonyl (C=O) groups is 1. The summed E-state index contributed by atoms with van der Waals surface area (Å²) in [7, 11) is 0. The predicted octanol–water partition coefficient (Wildman–Crippen LogP) is 3.55. The number of benzene rings is 2. The van der Waals surface area contributed by atoms with Gasteiger partial charge in [0.15, 0.2) is 0 Å². The van der Waals surface area contributed by atoms with Crippen molar-refractivity contribution in [2.75, 3.05) is 16.8 Å². The summed E-state index contributed by atoms with van der Waals surface area (Å²) in [6.45, 7) is 2.48. The number of hydrogen-bond acceptors (Lipinski definition) is 6. The highest BCUT2D eigenvalue weighted by atomic mass is 16.6. The SMILES string of the molecule is CCN1C(=O)CCc2cc(Nc3ccc([N+](=O)[O-])cc3[N+](=O)[O-])ccc21. The number of non-ortho nitro benzene ring substituents is 1. The van der Waals surface area contributed by atoms with E-state index in [1.54, 1.807) is 17.0 Å². The van der Waals surface area contributed by atoms with Gasteiger partial charge < -0.3 is 10.2 Å². The number of carbonyl (C=O) groups excluding carboxylic acids is 1. The second-order valence-corrected chi connectivity index (χ2v) is 5.82. The van der Waals surface area contributed by atoms with Crippen molar-refractivity contribution in [3.63, 3.8) is 0 Å². The van der Waals surface area contributed by atoms with Crippen molar-refractivity contribution in [2.45, 2.75) is 19.8 Å². The summed E-state index contributed by atoms with van der Waals surface area (Å²) in [6.07, 6.45) is 1.02. The van der Waals surface area contributed by atoms with Gasteiger partial charge in [0.25, 0.3) is 11.4 Å². The van der Waals surface area contributed by atoms with E-state index < -0.39 is 9.85 Å². The molecule has 0 saturated heterocycles. The Labute approximate surface area is 148 Å². The lowest BCUT2D eigenvalue weighted by Gasteiger charge is -2.28. The molecule has 9 nitrogen and oxygen atoms in total. The average Bonchev–Trinajstić information content (AvgIpc) is 2.61. The number of nitrogens with one attached hydrogen (secondary N) is 1. The van der Waals surface area contributed by atoms with Crippen LogP contribution in [-0.2, 0) is 11.2 Å². The molecule has 0 spiro atoms. The third kappa shape index (κ3) is 3.18. The van der Waals surface area contributed by atoms with Gasteiger partial charge in [0.05, 0.1) is 15.9 Å². The van der Waals surface area contributed by atoms with Crippen LogP contribution in [0.3, 0.4) is 0 Å². The molecule has 0 radical (unpaired) electrons. The van der Waals surface area contributed by atoms with Crippen LogP contribution in [0.2, 0.25) is 0 Å². The fourth-order valence-electron chi connectivity index (χ4n) is 3.03. The van der Waals surface area contributed by atoms with Gasteiger partial charge in [-0.05, 0) is 43.2 Å². The Morgan fingerprint density at radius 3 is 2.50 bits per heavy atom. The van der Waals surface area contributed by atoms with Gasteiger partial charge in [0.2, 0.25) is 5.91 Å². The van der Waals surface area contributed by atoms with Crippen LogP contribution in [-0.4, -0.2) is 22.3 Å². The van der Waals surface area contributed by atoms with Crippen molar-refractivity contribution in [1.29, 1.82) is 0 Å². The van der Waals surface area contributed by atoms with Crippen LogP contribution < -0.4 is 10.2 Å². The summed E-state index contributed by atoms with van der Waals surface area (Å²) in [5, 5.41) is 25.0. The average molecular weight is 356 g/mol. The molecule has 1 N–H and O–H groups in total. The van der Waals surface area contributed by atoms with Gasteiger partial charge in [0.1, 0.15) is 5.69 Å². The van der Waals surface area contributed by atoms with Gasteiger partial charge in [-0.1, -0.05) is 0 Å². The molecule has 0 saturated carbocycles. The number of fused-ring (bicyclic) bond motifs is 1. The lowest BCUT2D eigenvalue weighted by Crippen LogP contribution is -2.34. The lowest BCUT2D eigenvalue weighted by atomic mass is 10.0. The van der Waals surface area contributed by atoms with Gasteiger partial charge in [-0.3, -0.25) is 25.0 Å². The lowest BCUT2D eigenvalue weighted by molar-refractivity contribution is -0.393. The van der Waals surface area contributed by atoms with E-state index in [0.29, 0.717) is 25.1 Å². The van der Waals surface area contributed by atoms with E-state index >= 15 is 0 Å². The smallest absolute Gasteiger partial charge is 0.299 e. The first-order valence-electron chi connectivity index (χ1n) is 8.04. The molecule has 2 aromatic rings. The van der Waals surface area contributed by atoms with E-state index in [0.717, 1.165) is 17.3 Å². The van der Waals surface area contributed by atoms with Crippen molar-refractivity contribution >= 4 is 34.3 Å². The largest absolute Gasteiger partial charge is 0.350 e. The van der Waals surface area contributed by atoms with Crippen molar-refractivity contribution in [1.82, 2.24) is 0 Å².